The fourth-order valence-electron chi connectivity index (χ4n) is 3.23. The van der Waals surface area contributed by atoms with Gasteiger partial charge in [-0.1, -0.05) is 6.42 Å². The molecule has 1 fully saturated rings. The lowest BCUT2D eigenvalue weighted by molar-refractivity contribution is -0.116. The molecule has 1 unspecified atom stereocenters. The molecule has 4 rings (SSSR count). The molecular formula is C19H21ClN8O. The average molecular weight is 413 g/mol. The maximum Gasteiger partial charge on any atom is 0.227 e. The van der Waals surface area contributed by atoms with Gasteiger partial charge in [-0.05, 0) is 25.5 Å². The van der Waals surface area contributed by atoms with Gasteiger partial charge in [-0.25, -0.2) is 15.0 Å². The highest BCUT2D eigenvalue weighted by Gasteiger charge is 2.17. The molecule has 1 atom stereocenters. The van der Waals surface area contributed by atoms with Crippen molar-refractivity contribution in [3.63, 3.8) is 0 Å². The first-order chi connectivity index (χ1) is 13.7. The molecule has 0 bridgehead atoms. The van der Waals surface area contributed by atoms with Crippen molar-refractivity contribution >= 4 is 47.5 Å². The molecule has 2 aliphatic rings. The first-order valence-corrected chi connectivity index (χ1v) is 9.32. The minimum Gasteiger partial charge on any atom is -0.323 e. The number of hydrogen-bond acceptors (Lipinski definition) is 8. The molecule has 10 heteroatoms. The lowest BCUT2D eigenvalue weighted by atomic mass is 10.1. The van der Waals surface area contributed by atoms with Crippen molar-refractivity contribution in [2.75, 3.05) is 17.2 Å². The van der Waals surface area contributed by atoms with Crippen LogP contribution in [0.15, 0.2) is 23.5 Å². The van der Waals surface area contributed by atoms with Gasteiger partial charge in [-0.3, -0.25) is 9.79 Å². The number of rotatable bonds is 4. The van der Waals surface area contributed by atoms with Crippen LogP contribution in [0.25, 0.3) is 0 Å². The van der Waals surface area contributed by atoms with Gasteiger partial charge in [0.2, 0.25) is 11.9 Å². The Bertz CT molecular complexity index is 965. The normalized spacial score (nSPS) is 18.3. The molecule has 0 radical (unpaired) electrons. The van der Waals surface area contributed by atoms with Crippen LogP contribution in [-0.4, -0.2) is 39.7 Å². The average Bonchev–Trinajstić information content (AvgIpc) is 2.73. The molecule has 2 aromatic rings. The second kappa shape index (κ2) is 9.41. The molecule has 3 N–H and O–H groups in total. The van der Waals surface area contributed by atoms with Gasteiger partial charge in [0.1, 0.15) is 11.8 Å². The molecular weight excluding hydrogens is 392 g/mol. The van der Waals surface area contributed by atoms with Crippen LogP contribution in [0.1, 0.15) is 37.1 Å². The molecule has 0 aromatic carbocycles. The molecule has 9 nitrogen and oxygen atoms in total. The number of hydrogen-bond donors (Lipinski definition) is 3. The number of aliphatic imine (C=N–C) groups is 1. The minimum atomic E-state index is -0.0249. The van der Waals surface area contributed by atoms with Crippen LogP contribution in [0, 0.1) is 11.3 Å². The smallest absolute Gasteiger partial charge is 0.227 e. The van der Waals surface area contributed by atoms with Crippen LogP contribution >= 0.6 is 12.4 Å². The third-order valence-corrected chi connectivity index (χ3v) is 4.70. The summed E-state index contributed by atoms with van der Waals surface area (Å²) in [6, 6.07) is 4.05. The van der Waals surface area contributed by atoms with Crippen LogP contribution in [0.3, 0.4) is 0 Å². The Hall–Kier alpha value is -3.09. The third-order valence-electron chi connectivity index (χ3n) is 4.70. The number of anilines is 3. The monoisotopic (exact) mass is 412 g/mol. The summed E-state index contributed by atoms with van der Waals surface area (Å²) < 4.78 is 0. The first-order valence-electron chi connectivity index (χ1n) is 9.32. The second-order valence-corrected chi connectivity index (χ2v) is 6.77. The Morgan fingerprint density at radius 3 is 2.97 bits per heavy atom. The number of piperidine rings is 1. The van der Waals surface area contributed by atoms with Crippen LogP contribution < -0.4 is 16.0 Å². The predicted octanol–water partition coefficient (Wildman–Crippen LogP) is 2.64. The van der Waals surface area contributed by atoms with Gasteiger partial charge in [-0.15, -0.1) is 12.4 Å². The lowest BCUT2D eigenvalue weighted by Crippen LogP contribution is -2.34. The zero-order valence-electron chi connectivity index (χ0n) is 15.7. The summed E-state index contributed by atoms with van der Waals surface area (Å²) in [7, 11) is 0. The highest BCUT2D eigenvalue weighted by molar-refractivity contribution is 5.93. The van der Waals surface area contributed by atoms with E-state index in [1.165, 1.54) is 12.8 Å². The van der Waals surface area contributed by atoms with Gasteiger partial charge in [0.05, 0.1) is 29.5 Å². The van der Waals surface area contributed by atoms with Gasteiger partial charge in [0.25, 0.3) is 0 Å². The molecule has 0 saturated carbocycles. The van der Waals surface area contributed by atoms with E-state index < -0.39 is 0 Å². The van der Waals surface area contributed by atoms with Crippen LogP contribution in [0.4, 0.5) is 23.0 Å². The molecule has 4 heterocycles. The number of fused-ring (bicyclic) bond motifs is 1. The van der Waals surface area contributed by atoms with E-state index in [1.54, 1.807) is 18.5 Å². The van der Waals surface area contributed by atoms with Gasteiger partial charge in [0, 0.05) is 25.1 Å². The standard InChI is InChI=1S/C19H20N8O.ClH/c20-8-16-15(22-9-12-3-1-2-6-21-12)7-13(10-23-16)25-19-24-11-17-14(27-19)4-5-18(28)26-17;/h7,9-12,21H,1-6H2,(H,26,28)(H,24,25,27);1H. The summed E-state index contributed by atoms with van der Waals surface area (Å²) in [4.78, 5) is 28.8. The largest absolute Gasteiger partial charge is 0.323 e. The fourth-order valence-corrected chi connectivity index (χ4v) is 3.23. The Labute approximate surface area is 174 Å². The van der Waals surface area contributed by atoms with Crippen molar-refractivity contribution in [2.24, 2.45) is 4.99 Å². The van der Waals surface area contributed by atoms with E-state index in [0.29, 0.717) is 35.9 Å². The van der Waals surface area contributed by atoms with Crippen LogP contribution in [0.2, 0.25) is 0 Å². The van der Waals surface area contributed by atoms with E-state index in [-0.39, 0.29) is 30.0 Å². The number of pyridine rings is 1. The maximum atomic E-state index is 11.4. The molecule has 2 aromatic heterocycles. The van der Waals surface area contributed by atoms with E-state index in [9.17, 15) is 10.1 Å². The van der Waals surface area contributed by atoms with Crippen molar-refractivity contribution in [3.8, 4) is 6.07 Å². The summed E-state index contributed by atoms with van der Waals surface area (Å²) in [5.74, 6) is 0.383. The lowest BCUT2D eigenvalue weighted by Gasteiger charge is -2.19. The van der Waals surface area contributed by atoms with Gasteiger partial charge >= 0.3 is 0 Å². The van der Waals surface area contributed by atoms with E-state index in [0.717, 1.165) is 18.7 Å². The molecule has 1 saturated heterocycles. The van der Waals surface area contributed by atoms with Crippen molar-refractivity contribution in [1.29, 1.82) is 5.26 Å². The summed E-state index contributed by atoms with van der Waals surface area (Å²) in [6.45, 7) is 0.984. The molecule has 150 valence electrons. The number of amides is 1. The van der Waals surface area contributed by atoms with Crippen molar-refractivity contribution in [3.05, 3.63) is 29.8 Å². The number of nitrogens with zero attached hydrogens (tertiary/aromatic N) is 5. The Morgan fingerprint density at radius 2 is 2.17 bits per heavy atom. The highest BCUT2D eigenvalue weighted by Crippen LogP contribution is 2.25. The Balaban J connectivity index is 0.00000240. The number of nitriles is 1. The van der Waals surface area contributed by atoms with Gasteiger partial charge in [0.15, 0.2) is 5.69 Å². The summed E-state index contributed by atoms with van der Waals surface area (Å²) in [5.41, 5.74) is 2.85. The number of nitrogens with one attached hydrogen (secondary N) is 3. The highest BCUT2D eigenvalue weighted by atomic mass is 35.5. The van der Waals surface area contributed by atoms with Gasteiger partial charge < -0.3 is 16.0 Å². The number of aromatic nitrogens is 3. The number of carbonyl (C=O) groups excluding carboxylic acids is 1. The summed E-state index contributed by atoms with van der Waals surface area (Å²) in [6.07, 6.45) is 9.37. The second-order valence-electron chi connectivity index (χ2n) is 6.77. The molecule has 2 aliphatic heterocycles. The predicted molar refractivity (Wildman–Crippen MR) is 112 cm³/mol. The zero-order chi connectivity index (χ0) is 19.3. The first kappa shape index (κ1) is 20.6. The maximum absolute atomic E-state index is 11.4. The van der Waals surface area contributed by atoms with E-state index in [4.69, 9.17) is 0 Å². The number of carbonyl (C=O) groups is 1. The third kappa shape index (κ3) is 5.04. The SMILES string of the molecule is Cl.N#Cc1ncc(Nc2ncc3c(n2)CCC(=O)N3)cc1N=CC1CCCCN1. The summed E-state index contributed by atoms with van der Waals surface area (Å²) >= 11 is 0. The zero-order valence-corrected chi connectivity index (χ0v) is 16.5. The molecule has 0 aliphatic carbocycles. The number of halogens is 1. The van der Waals surface area contributed by atoms with E-state index in [2.05, 4.69) is 42.0 Å². The van der Waals surface area contributed by atoms with Crippen LogP contribution in [0.5, 0.6) is 0 Å². The van der Waals surface area contributed by atoms with E-state index in [1.807, 2.05) is 6.21 Å². The molecule has 29 heavy (non-hydrogen) atoms. The van der Waals surface area contributed by atoms with Crippen molar-refractivity contribution < 1.29 is 4.79 Å². The minimum absolute atomic E-state index is 0. The quantitative estimate of drug-likeness (QED) is 0.658. The van der Waals surface area contributed by atoms with Crippen LogP contribution in [-0.2, 0) is 11.2 Å². The van der Waals surface area contributed by atoms with E-state index >= 15 is 0 Å². The Morgan fingerprint density at radius 1 is 1.28 bits per heavy atom. The molecule has 0 spiro atoms. The van der Waals surface area contributed by atoms with Gasteiger partial charge in [-0.2, -0.15) is 5.26 Å². The topological polar surface area (TPSA) is 128 Å². The Kier molecular flexibility index (Phi) is 6.69. The van der Waals surface area contributed by atoms with Crippen molar-refractivity contribution in [1.82, 2.24) is 20.3 Å². The number of aryl methyl sites for hydroxylation is 1. The summed E-state index contributed by atoms with van der Waals surface area (Å²) in [5, 5.41) is 18.6. The van der Waals surface area contributed by atoms with Crippen molar-refractivity contribution in [2.45, 2.75) is 38.1 Å². The fraction of sp³-hybridized carbons (Fsp3) is 0.368. The molecule has 1 amide bonds.